The predicted octanol–water partition coefficient (Wildman–Crippen LogP) is 2.97. The normalized spacial score (nSPS) is 10.8. The van der Waals surface area contributed by atoms with Crippen LogP contribution in [0.2, 0.25) is 0 Å². The van der Waals surface area contributed by atoms with E-state index in [0.717, 1.165) is 25.3 Å². The molecule has 0 aromatic heterocycles. The van der Waals surface area contributed by atoms with E-state index in [-0.39, 0.29) is 0 Å². The van der Waals surface area contributed by atoms with Crippen LogP contribution in [0.3, 0.4) is 0 Å². The van der Waals surface area contributed by atoms with Crippen molar-refractivity contribution in [2.45, 2.75) is 33.1 Å². The second-order valence-electron chi connectivity index (χ2n) is 4.33. The number of nitrogens with one attached hydrogen (secondary N) is 1. The summed E-state index contributed by atoms with van der Waals surface area (Å²) in [5, 5.41) is 3.33. The van der Waals surface area contributed by atoms with E-state index in [2.05, 4.69) is 44.3 Å². The van der Waals surface area contributed by atoms with Gasteiger partial charge in [0.2, 0.25) is 0 Å². The maximum atomic E-state index is 5.44. The van der Waals surface area contributed by atoms with Gasteiger partial charge in [-0.15, -0.1) is 0 Å². The lowest BCUT2D eigenvalue weighted by atomic mass is 10.00. The Morgan fingerprint density at radius 1 is 1.31 bits per heavy atom. The third-order valence-corrected chi connectivity index (χ3v) is 2.80. The number of rotatable bonds is 6. The monoisotopic (exact) mass is 221 g/mol. The highest BCUT2D eigenvalue weighted by molar-refractivity contribution is 5.38. The topological polar surface area (TPSA) is 21.3 Å². The summed E-state index contributed by atoms with van der Waals surface area (Å²) in [5.74, 6) is 1.57. The standard InChI is InChI=1S/C14H23NO/c1-5-15-9-8-12-6-7-13(11(2)3)10-14(12)16-4/h6-7,10-11,15H,5,8-9H2,1-4H3. The highest BCUT2D eigenvalue weighted by atomic mass is 16.5. The van der Waals surface area contributed by atoms with E-state index in [1.54, 1.807) is 7.11 Å². The van der Waals surface area contributed by atoms with Gasteiger partial charge in [0.15, 0.2) is 0 Å². The van der Waals surface area contributed by atoms with E-state index in [9.17, 15) is 0 Å². The molecule has 0 aliphatic rings. The van der Waals surface area contributed by atoms with Crippen LogP contribution in [-0.4, -0.2) is 20.2 Å². The molecule has 16 heavy (non-hydrogen) atoms. The van der Waals surface area contributed by atoms with Gasteiger partial charge in [0.25, 0.3) is 0 Å². The lowest BCUT2D eigenvalue weighted by molar-refractivity contribution is 0.408. The van der Waals surface area contributed by atoms with E-state index in [4.69, 9.17) is 4.74 Å². The Labute approximate surface area is 99.0 Å². The van der Waals surface area contributed by atoms with Crippen molar-refractivity contribution >= 4 is 0 Å². The van der Waals surface area contributed by atoms with Crippen molar-refractivity contribution in [2.24, 2.45) is 0 Å². The van der Waals surface area contributed by atoms with Crippen molar-refractivity contribution < 1.29 is 4.74 Å². The van der Waals surface area contributed by atoms with Crippen LogP contribution < -0.4 is 10.1 Å². The first kappa shape index (κ1) is 13.0. The quantitative estimate of drug-likeness (QED) is 0.746. The zero-order valence-electron chi connectivity index (χ0n) is 10.8. The van der Waals surface area contributed by atoms with E-state index >= 15 is 0 Å². The molecule has 2 nitrogen and oxygen atoms in total. The summed E-state index contributed by atoms with van der Waals surface area (Å²) < 4.78 is 5.44. The molecule has 1 aromatic rings. The average Bonchev–Trinajstić information content (AvgIpc) is 2.29. The maximum absolute atomic E-state index is 5.44. The molecular formula is C14H23NO. The predicted molar refractivity (Wildman–Crippen MR) is 69.3 cm³/mol. The second-order valence-corrected chi connectivity index (χ2v) is 4.33. The molecule has 1 aromatic carbocycles. The third-order valence-electron chi connectivity index (χ3n) is 2.80. The Hall–Kier alpha value is -1.02. The summed E-state index contributed by atoms with van der Waals surface area (Å²) in [5.41, 5.74) is 2.62. The SMILES string of the molecule is CCNCCc1ccc(C(C)C)cc1OC. The van der Waals surface area contributed by atoms with Gasteiger partial charge in [-0.3, -0.25) is 0 Å². The summed E-state index contributed by atoms with van der Waals surface area (Å²) in [6, 6.07) is 6.55. The summed E-state index contributed by atoms with van der Waals surface area (Å²) in [7, 11) is 1.75. The fourth-order valence-electron chi connectivity index (χ4n) is 1.73. The van der Waals surface area contributed by atoms with Crippen LogP contribution in [0.15, 0.2) is 18.2 Å². The highest BCUT2D eigenvalue weighted by Crippen LogP contribution is 2.24. The number of benzene rings is 1. The van der Waals surface area contributed by atoms with Crippen LogP contribution in [0.1, 0.15) is 37.8 Å². The Bertz CT molecular complexity index is 321. The number of hydrogen-bond acceptors (Lipinski definition) is 2. The lowest BCUT2D eigenvalue weighted by Crippen LogP contribution is -2.16. The van der Waals surface area contributed by atoms with E-state index < -0.39 is 0 Å². The van der Waals surface area contributed by atoms with Crippen LogP contribution in [0.5, 0.6) is 5.75 Å². The zero-order valence-corrected chi connectivity index (χ0v) is 10.8. The van der Waals surface area contributed by atoms with Gasteiger partial charge in [-0.1, -0.05) is 32.9 Å². The van der Waals surface area contributed by atoms with Gasteiger partial charge in [0.05, 0.1) is 7.11 Å². The lowest BCUT2D eigenvalue weighted by Gasteiger charge is -2.12. The highest BCUT2D eigenvalue weighted by Gasteiger charge is 2.06. The number of hydrogen-bond donors (Lipinski definition) is 1. The molecule has 0 radical (unpaired) electrons. The fourth-order valence-corrected chi connectivity index (χ4v) is 1.73. The molecule has 0 heterocycles. The second kappa shape index (κ2) is 6.54. The molecule has 0 aliphatic heterocycles. The van der Waals surface area contributed by atoms with E-state index in [1.165, 1.54) is 11.1 Å². The van der Waals surface area contributed by atoms with Crippen molar-refractivity contribution in [3.63, 3.8) is 0 Å². The smallest absolute Gasteiger partial charge is 0.122 e. The number of ether oxygens (including phenoxy) is 1. The van der Waals surface area contributed by atoms with Crippen LogP contribution in [0.4, 0.5) is 0 Å². The molecule has 90 valence electrons. The van der Waals surface area contributed by atoms with Gasteiger partial charge in [-0.05, 0) is 42.6 Å². The van der Waals surface area contributed by atoms with Gasteiger partial charge in [-0.2, -0.15) is 0 Å². The minimum absolute atomic E-state index is 0.553. The molecule has 0 fully saturated rings. The van der Waals surface area contributed by atoms with Gasteiger partial charge >= 0.3 is 0 Å². The molecule has 0 saturated carbocycles. The van der Waals surface area contributed by atoms with Crippen LogP contribution in [-0.2, 0) is 6.42 Å². The Morgan fingerprint density at radius 2 is 2.06 bits per heavy atom. The van der Waals surface area contributed by atoms with Gasteiger partial charge < -0.3 is 10.1 Å². The van der Waals surface area contributed by atoms with Gasteiger partial charge in [-0.25, -0.2) is 0 Å². The van der Waals surface area contributed by atoms with Crippen LogP contribution in [0.25, 0.3) is 0 Å². The zero-order chi connectivity index (χ0) is 12.0. The van der Waals surface area contributed by atoms with Crippen LogP contribution >= 0.6 is 0 Å². The Morgan fingerprint density at radius 3 is 2.62 bits per heavy atom. The molecule has 0 spiro atoms. The van der Waals surface area contributed by atoms with Crippen molar-refractivity contribution in [3.8, 4) is 5.75 Å². The molecule has 1 N–H and O–H groups in total. The van der Waals surface area contributed by atoms with Gasteiger partial charge in [0, 0.05) is 0 Å². The van der Waals surface area contributed by atoms with E-state index in [1.807, 2.05) is 0 Å². The van der Waals surface area contributed by atoms with E-state index in [0.29, 0.717) is 5.92 Å². The first-order valence-electron chi connectivity index (χ1n) is 6.06. The Kier molecular flexibility index (Phi) is 5.33. The molecule has 0 atom stereocenters. The fraction of sp³-hybridized carbons (Fsp3) is 0.571. The molecule has 0 aliphatic carbocycles. The first-order chi connectivity index (χ1) is 7.69. The van der Waals surface area contributed by atoms with Crippen molar-refractivity contribution in [1.82, 2.24) is 5.32 Å². The Balaban J connectivity index is 2.76. The van der Waals surface area contributed by atoms with Crippen molar-refractivity contribution in [1.29, 1.82) is 0 Å². The summed E-state index contributed by atoms with van der Waals surface area (Å²) in [6.45, 7) is 8.56. The molecule has 1 rings (SSSR count). The molecule has 2 heteroatoms. The summed E-state index contributed by atoms with van der Waals surface area (Å²) >= 11 is 0. The third kappa shape index (κ3) is 3.53. The molecule has 0 saturated heterocycles. The molecule has 0 unspecified atom stereocenters. The first-order valence-corrected chi connectivity index (χ1v) is 6.06. The average molecular weight is 221 g/mol. The summed E-state index contributed by atoms with van der Waals surface area (Å²) in [4.78, 5) is 0. The molecular weight excluding hydrogens is 198 g/mol. The maximum Gasteiger partial charge on any atom is 0.122 e. The largest absolute Gasteiger partial charge is 0.496 e. The minimum atomic E-state index is 0.553. The number of methoxy groups -OCH3 is 1. The minimum Gasteiger partial charge on any atom is -0.496 e. The van der Waals surface area contributed by atoms with Crippen LogP contribution in [0, 0.1) is 0 Å². The van der Waals surface area contributed by atoms with Gasteiger partial charge in [0.1, 0.15) is 5.75 Å². The van der Waals surface area contributed by atoms with Crippen molar-refractivity contribution in [3.05, 3.63) is 29.3 Å². The molecule has 0 amide bonds. The summed E-state index contributed by atoms with van der Waals surface area (Å²) in [6.07, 6.45) is 1.02. The number of likely N-dealkylation sites (N-methyl/N-ethyl adjacent to an activating group) is 1. The van der Waals surface area contributed by atoms with Crippen molar-refractivity contribution in [2.75, 3.05) is 20.2 Å². The molecule has 0 bridgehead atoms.